The molecular formula is C11H20O4. The molecule has 0 aromatic carbocycles. The van der Waals surface area contributed by atoms with Gasteiger partial charge in [0.25, 0.3) is 0 Å². The molecule has 0 bridgehead atoms. The molecule has 0 aromatic heterocycles. The molecule has 4 atom stereocenters. The van der Waals surface area contributed by atoms with Crippen LogP contribution in [0.4, 0.5) is 0 Å². The van der Waals surface area contributed by atoms with Crippen molar-refractivity contribution in [1.82, 2.24) is 0 Å². The lowest BCUT2D eigenvalue weighted by molar-refractivity contribution is -0.161. The summed E-state index contributed by atoms with van der Waals surface area (Å²) in [7, 11) is 0. The van der Waals surface area contributed by atoms with Gasteiger partial charge in [0.1, 0.15) is 0 Å². The van der Waals surface area contributed by atoms with Crippen molar-refractivity contribution < 1.29 is 19.4 Å². The summed E-state index contributed by atoms with van der Waals surface area (Å²) in [4.78, 5) is 11.5. The Morgan fingerprint density at radius 1 is 1.60 bits per heavy atom. The van der Waals surface area contributed by atoms with Gasteiger partial charge in [0, 0.05) is 6.42 Å². The van der Waals surface area contributed by atoms with Crippen molar-refractivity contribution in [3.63, 3.8) is 0 Å². The Balaban J connectivity index is 2.51. The second-order valence-corrected chi connectivity index (χ2v) is 4.15. The maximum atomic E-state index is 11.5. The first-order valence-electron chi connectivity index (χ1n) is 5.54. The molecule has 4 nitrogen and oxygen atoms in total. The highest BCUT2D eigenvalue weighted by molar-refractivity contribution is 5.72. The van der Waals surface area contributed by atoms with E-state index in [0.717, 1.165) is 0 Å². The predicted octanol–water partition coefficient (Wildman–Crippen LogP) is 1.11. The van der Waals surface area contributed by atoms with Gasteiger partial charge in [-0.05, 0) is 27.2 Å². The van der Waals surface area contributed by atoms with Crippen LogP contribution in [0.15, 0.2) is 0 Å². The van der Waals surface area contributed by atoms with Crippen LogP contribution in [-0.2, 0) is 14.3 Å². The van der Waals surface area contributed by atoms with Crippen molar-refractivity contribution in [2.45, 2.75) is 51.9 Å². The van der Waals surface area contributed by atoms with E-state index in [1.165, 1.54) is 0 Å². The van der Waals surface area contributed by atoms with Gasteiger partial charge in [-0.25, -0.2) is 0 Å². The summed E-state index contributed by atoms with van der Waals surface area (Å²) in [6, 6.07) is 0. The van der Waals surface area contributed by atoms with Crippen molar-refractivity contribution in [1.29, 1.82) is 0 Å². The van der Waals surface area contributed by atoms with Gasteiger partial charge in [0.05, 0.1) is 30.8 Å². The quantitative estimate of drug-likeness (QED) is 0.718. The number of rotatable bonds is 3. The Morgan fingerprint density at radius 3 is 2.80 bits per heavy atom. The summed E-state index contributed by atoms with van der Waals surface area (Å²) in [5, 5.41) is 9.58. The van der Waals surface area contributed by atoms with Crippen molar-refractivity contribution in [3.8, 4) is 0 Å². The minimum atomic E-state index is -0.365. The Hall–Kier alpha value is -0.610. The number of aliphatic hydroxyl groups is 1. The van der Waals surface area contributed by atoms with E-state index >= 15 is 0 Å². The van der Waals surface area contributed by atoms with E-state index in [-0.39, 0.29) is 30.2 Å². The molecule has 1 rings (SSSR count). The highest BCUT2D eigenvalue weighted by atomic mass is 16.5. The standard InChI is InChI=1S/C11H20O4/c1-4-14-11(13)8(3)10-6-9(12)5-7(2)15-10/h7-10,12H,4-6H2,1-3H3/t7-,8?,9+,10-/m0/s1. The molecule has 15 heavy (non-hydrogen) atoms. The molecule has 1 N–H and O–H groups in total. The Bertz CT molecular complexity index is 207. The molecule has 1 fully saturated rings. The van der Waals surface area contributed by atoms with Crippen LogP contribution in [0.25, 0.3) is 0 Å². The zero-order valence-electron chi connectivity index (χ0n) is 9.60. The van der Waals surface area contributed by atoms with Crippen LogP contribution >= 0.6 is 0 Å². The van der Waals surface area contributed by atoms with Crippen molar-refractivity contribution in [3.05, 3.63) is 0 Å². The monoisotopic (exact) mass is 216 g/mol. The Morgan fingerprint density at radius 2 is 2.27 bits per heavy atom. The zero-order valence-corrected chi connectivity index (χ0v) is 9.60. The molecule has 0 aromatic rings. The second-order valence-electron chi connectivity index (χ2n) is 4.15. The zero-order chi connectivity index (χ0) is 11.4. The first-order chi connectivity index (χ1) is 7.04. The molecule has 0 amide bonds. The van der Waals surface area contributed by atoms with E-state index in [1.54, 1.807) is 13.8 Å². The van der Waals surface area contributed by atoms with Crippen LogP contribution in [-0.4, -0.2) is 36.0 Å². The molecule has 1 unspecified atom stereocenters. The minimum absolute atomic E-state index is 0.00984. The molecule has 4 heteroatoms. The van der Waals surface area contributed by atoms with E-state index in [2.05, 4.69) is 0 Å². The average molecular weight is 216 g/mol. The lowest BCUT2D eigenvalue weighted by Crippen LogP contribution is -2.40. The first-order valence-corrected chi connectivity index (χ1v) is 5.54. The van der Waals surface area contributed by atoms with Gasteiger partial charge >= 0.3 is 5.97 Å². The van der Waals surface area contributed by atoms with Crippen LogP contribution in [0.5, 0.6) is 0 Å². The topological polar surface area (TPSA) is 55.8 Å². The molecule has 0 aliphatic carbocycles. The summed E-state index contributed by atoms with van der Waals surface area (Å²) in [5.41, 5.74) is 0. The van der Waals surface area contributed by atoms with Crippen molar-refractivity contribution >= 4 is 5.97 Å². The van der Waals surface area contributed by atoms with E-state index in [1.807, 2.05) is 6.92 Å². The molecule has 1 aliphatic heterocycles. The highest BCUT2D eigenvalue weighted by Crippen LogP contribution is 2.25. The normalized spacial score (nSPS) is 33.5. The van der Waals surface area contributed by atoms with Crippen LogP contribution < -0.4 is 0 Å². The maximum Gasteiger partial charge on any atom is 0.311 e. The summed E-state index contributed by atoms with van der Waals surface area (Å²) in [5.74, 6) is -0.550. The fourth-order valence-electron chi connectivity index (χ4n) is 1.90. The maximum absolute atomic E-state index is 11.5. The molecule has 88 valence electrons. The van der Waals surface area contributed by atoms with Crippen LogP contribution in [0.1, 0.15) is 33.6 Å². The molecule has 0 spiro atoms. The second kappa shape index (κ2) is 5.47. The predicted molar refractivity (Wildman–Crippen MR) is 55.4 cm³/mol. The number of hydrogen-bond acceptors (Lipinski definition) is 4. The number of hydrogen-bond donors (Lipinski definition) is 1. The number of esters is 1. The van der Waals surface area contributed by atoms with Gasteiger partial charge in [-0.3, -0.25) is 4.79 Å². The first kappa shape index (κ1) is 12.5. The lowest BCUT2D eigenvalue weighted by atomic mass is 9.93. The number of aliphatic hydroxyl groups excluding tert-OH is 1. The minimum Gasteiger partial charge on any atom is -0.466 e. The lowest BCUT2D eigenvalue weighted by Gasteiger charge is -2.33. The SMILES string of the molecule is CCOC(=O)C(C)[C@@H]1C[C@H](O)C[C@H](C)O1. The van der Waals surface area contributed by atoms with Gasteiger partial charge < -0.3 is 14.6 Å². The van der Waals surface area contributed by atoms with E-state index < -0.39 is 0 Å². The fraction of sp³-hybridized carbons (Fsp3) is 0.909. The summed E-state index contributed by atoms with van der Waals surface area (Å²) >= 11 is 0. The number of carbonyl (C=O) groups excluding carboxylic acids is 1. The molecule has 1 heterocycles. The van der Waals surface area contributed by atoms with Crippen LogP contribution in [0.3, 0.4) is 0 Å². The third-order valence-corrected chi connectivity index (χ3v) is 2.73. The van der Waals surface area contributed by atoms with Gasteiger partial charge in [0.2, 0.25) is 0 Å². The van der Waals surface area contributed by atoms with Gasteiger partial charge in [0.15, 0.2) is 0 Å². The average Bonchev–Trinajstić information content (AvgIpc) is 2.15. The van der Waals surface area contributed by atoms with E-state index in [0.29, 0.717) is 19.4 Å². The number of ether oxygens (including phenoxy) is 2. The molecule has 0 radical (unpaired) electrons. The van der Waals surface area contributed by atoms with Gasteiger partial charge in [-0.1, -0.05) is 0 Å². The Labute approximate surface area is 90.6 Å². The number of carbonyl (C=O) groups is 1. The largest absolute Gasteiger partial charge is 0.466 e. The van der Waals surface area contributed by atoms with Crippen molar-refractivity contribution in [2.75, 3.05) is 6.61 Å². The summed E-state index contributed by atoms with van der Waals surface area (Å²) in [6.07, 6.45) is 0.588. The van der Waals surface area contributed by atoms with E-state index in [9.17, 15) is 9.90 Å². The third kappa shape index (κ3) is 3.47. The summed E-state index contributed by atoms with van der Waals surface area (Å²) in [6.45, 7) is 5.86. The van der Waals surface area contributed by atoms with Gasteiger partial charge in [-0.2, -0.15) is 0 Å². The smallest absolute Gasteiger partial charge is 0.311 e. The molecule has 1 saturated heterocycles. The fourth-order valence-corrected chi connectivity index (χ4v) is 1.90. The summed E-state index contributed by atoms with van der Waals surface area (Å²) < 4.78 is 10.6. The Kier molecular flexibility index (Phi) is 4.54. The van der Waals surface area contributed by atoms with E-state index in [4.69, 9.17) is 9.47 Å². The van der Waals surface area contributed by atoms with Crippen molar-refractivity contribution in [2.24, 2.45) is 5.92 Å². The third-order valence-electron chi connectivity index (χ3n) is 2.73. The van der Waals surface area contributed by atoms with Crippen LogP contribution in [0, 0.1) is 5.92 Å². The highest BCUT2D eigenvalue weighted by Gasteiger charge is 2.33. The molecular weight excluding hydrogens is 196 g/mol. The van der Waals surface area contributed by atoms with Gasteiger partial charge in [-0.15, -0.1) is 0 Å². The molecule has 0 saturated carbocycles. The molecule has 1 aliphatic rings. The van der Waals surface area contributed by atoms with Crippen LogP contribution in [0.2, 0.25) is 0 Å².